The minimum absolute atomic E-state index is 0.0546. The van der Waals surface area contributed by atoms with Gasteiger partial charge in [-0.15, -0.1) is 11.3 Å². The van der Waals surface area contributed by atoms with Crippen molar-refractivity contribution in [2.45, 2.75) is 12.5 Å². The average Bonchev–Trinajstić information content (AvgIpc) is 3.05. The van der Waals surface area contributed by atoms with Crippen LogP contribution in [0.2, 0.25) is 0 Å². The number of amides is 1. The van der Waals surface area contributed by atoms with Crippen LogP contribution < -0.4 is 5.32 Å². The maximum Gasteiger partial charge on any atom is 0.328 e. The zero-order chi connectivity index (χ0) is 14.5. The number of thiazole rings is 1. The van der Waals surface area contributed by atoms with Gasteiger partial charge in [-0.25, -0.2) is 9.78 Å². The molecule has 0 aromatic carbocycles. The predicted octanol–water partition coefficient (Wildman–Crippen LogP) is 0.507. The van der Waals surface area contributed by atoms with Crippen molar-refractivity contribution >= 4 is 23.2 Å². The number of hydrogen-bond acceptors (Lipinski definition) is 6. The van der Waals surface area contributed by atoms with Crippen LogP contribution >= 0.6 is 11.3 Å². The number of aliphatic hydroxyl groups excluding tert-OH is 1. The number of rotatable bonds is 6. The Morgan fingerprint density at radius 1 is 1.50 bits per heavy atom. The SMILES string of the molecule is O=C(Cc1csc(-c2ccco2)n1)NC(CO)C(=O)O. The first kappa shape index (κ1) is 14.2. The second-order valence-corrected chi connectivity index (χ2v) is 4.80. The molecule has 3 N–H and O–H groups in total. The van der Waals surface area contributed by atoms with Gasteiger partial charge in [0, 0.05) is 5.38 Å². The number of aliphatic hydroxyl groups is 1. The molecule has 8 heteroatoms. The van der Waals surface area contributed by atoms with E-state index in [1.165, 1.54) is 17.6 Å². The molecule has 1 atom stereocenters. The first-order chi connectivity index (χ1) is 9.60. The van der Waals surface area contributed by atoms with Gasteiger partial charge in [0.25, 0.3) is 0 Å². The van der Waals surface area contributed by atoms with E-state index in [9.17, 15) is 9.59 Å². The minimum Gasteiger partial charge on any atom is -0.480 e. The molecule has 0 fully saturated rings. The number of carboxylic acids is 1. The normalized spacial score (nSPS) is 12.1. The molecule has 2 heterocycles. The zero-order valence-corrected chi connectivity index (χ0v) is 11.1. The van der Waals surface area contributed by atoms with Crippen molar-refractivity contribution in [3.63, 3.8) is 0 Å². The number of nitrogens with zero attached hydrogens (tertiary/aromatic N) is 1. The van der Waals surface area contributed by atoms with Crippen LogP contribution in [0.5, 0.6) is 0 Å². The maximum absolute atomic E-state index is 11.6. The Morgan fingerprint density at radius 2 is 2.30 bits per heavy atom. The first-order valence-electron chi connectivity index (χ1n) is 5.71. The van der Waals surface area contributed by atoms with Gasteiger partial charge in [-0.1, -0.05) is 0 Å². The summed E-state index contributed by atoms with van der Waals surface area (Å²) in [5.41, 5.74) is 0.515. The number of nitrogens with one attached hydrogen (secondary N) is 1. The molecule has 0 bridgehead atoms. The summed E-state index contributed by atoms with van der Waals surface area (Å²) in [7, 11) is 0. The van der Waals surface area contributed by atoms with Gasteiger partial charge >= 0.3 is 5.97 Å². The van der Waals surface area contributed by atoms with E-state index in [1.54, 1.807) is 17.5 Å². The quantitative estimate of drug-likeness (QED) is 0.716. The maximum atomic E-state index is 11.6. The van der Waals surface area contributed by atoms with Gasteiger partial charge in [0.05, 0.1) is 25.0 Å². The third-order valence-corrected chi connectivity index (χ3v) is 3.35. The molecule has 0 spiro atoms. The highest BCUT2D eigenvalue weighted by molar-refractivity contribution is 7.13. The van der Waals surface area contributed by atoms with E-state index in [0.29, 0.717) is 16.5 Å². The second kappa shape index (κ2) is 6.31. The van der Waals surface area contributed by atoms with Crippen LogP contribution in [0.1, 0.15) is 5.69 Å². The highest BCUT2D eigenvalue weighted by atomic mass is 32.1. The Balaban J connectivity index is 1.97. The number of aromatic nitrogens is 1. The summed E-state index contributed by atoms with van der Waals surface area (Å²) in [5, 5.41) is 22.1. The van der Waals surface area contributed by atoms with Crippen molar-refractivity contribution in [3.8, 4) is 10.8 Å². The van der Waals surface area contributed by atoms with Crippen molar-refractivity contribution in [2.75, 3.05) is 6.61 Å². The van der Waals surface area contributed by atoms with Gasteiger partial charge in [0.15, 0.2) is 10.8 Å². The van der Waals surface area contributed by atoms with Crippen LogP contribution in [0.15, 0.2) is 28.2 Å². The van der Waals surface area contributed by atoms with E-state index >= 15 is 0 Å². The lowest BCUT2D eigenvalue weighted by atomic mass is 10.2. The van der Waals surface area contributed by atoms with E-state index < -0.39 is 24.5 Å². The predicted molar refractivity (Wildman–Crippen MR) is 70.2 cm³/mol. The lowest BCUT2D eigenvalue weighted by Crippen LogP contribution is -2.43. The van der Waals surface area contributed by atoms with Crippen molar-refractivity contribution in [1.29, 1.82) is 0 Å². The van der Waals surface area contributed by atoms with E-state index in [1.807, 2.05) is 0 Å². The number of carbonyl (C=O) groups is 2. The summed E-state index contributed by atoms with van der Waals surface area (Å²) in [5.74, 6) is -1.18. The molecule has 7 nitrogen and oxygen atoms in total. The van der Waals surface area contributed by atoms with Crippen LogP contribution in [0, 0.1) is 0 Å². The van der Waals surface area contributed by atoms with Crippen molar-refractivity contribution < 1.29 is 24.2 Å². The van der Waals surface area contributed by atoms with E-state index in [4.69, 9.17) is 14.6 Å². The lowest BCUT2D eigenvalue weighted by Gasteiger charge is -2.10. The summed E-state index contributed by atoms with van der Waals surface area (Å²) in [4.78, 5) is 26.5. The van der Waals surface area contributed by atoms with Crippen LogP contribution in [0.3, 0.4) is 0 Å². The zero-order valence-electron chi connectivity index (χ0n) is 10.3. The summed E-state index contributed by atoms with van der Waals surface area (Å²) in [6.07, 6.45) is 1.48. The molecular weight excluding hydrogens is 284 g/mol. The van der Waals surface area contributed by atoms with Crippen molar-refractivity contribution in [1.82, 2.24) is 10.3 Å². The molecule has 0 saturated carbocycles. The smallest absolute Gasteiger partial charge is 0.328 e. The molecule has 1 unspecified atom stereocenters. The third-order valence-electron chi connectivity index (χ3n) is 2.44. The Kier molecular flexibility index (Phi) is 4.49. The topological polar surface area (TPSA) is 113 Å². The summed E-state index contributed by atoms with van der Waals surface area (Å²) < 4.78 is 5.19. The number of aliphatic carboxylic acids is 1. The Bertz CT molecular complexity index is 593. The number of carbonyl (C=O) groups excluding carboxylic acids is 1. The Labute approximate surface area is 117 Å². The molecule has 2 aromatic rings. The Morgan fingerprint density at radius 3 is 2.90 bits per heavy atom. The number of carboxylic acid groups (broad SMARTS) is 1. The molecule has 0 aliphatic heterocycles. The van der Waals surface area contributed by atoms with Crippen molar-refractivity contribution in [3.05, 3.63) is 29.5 Å². The fourth-order valence-electron chi connectivity index (χ4n) is 1.50. The molecule has 2 aromatic heterocycles. The van der Waals surface area contributed by atoms with Crippen LogP contribution in [0.25, 0.3) is 10.8 Å². The highest BCUT2D eigenvalue weighted by Crippen LogP contribution is 2.23. The minimum atomic E-state index is -1.30. The Hall–Kier alpha value is -2.19. The molecule has 0 radical (unpaired) electrons. The monoisotopic (exact) mass is 296 g/mol. The highest BCUT2D eigenvalue weighted by Gasteiger charge is 2.19. The average molecular weight is 296 g/mol. The van der Waals surface area contributed by atoms with E-state index in [0.717, 1.165) is 0 Å². The molecule has 1 amide bonds. The second-order valence-electron chi connectivity index (χ2n) is 3.94. The molecule has 0 saturated heterocycles. The molecular formula is C12H12N2O5S. The van der Waals surface area contributed by atoms with E-state index in [-0.39, 0.29) is 6.42 Å². The van der Waals surface area contributed by atoms with Crippen molar-refractivity contribution in [2.24, 2.45) is 0 Å². The largest absolute Gasteiger partial charge is 0.480 e. The molecule has 2 rings (SSSR count). The summed E-state index contributed by atoms with van der Waals surface area (Å²) in [6.45, 7) is -0.657. The third kappa shape index (κ3) is 3.43. The summed E-state index contributed by atoms with van der Waals surface area (Å²) >= 11 is 1.33. The van der Waals surface area contributed by atoms with Crippen LogP contribution in [0.4, 0.5) is 0 Å². The van der Waals surface area contributed by atoms with Gasteiger partial charge < -0.3 is 19.9 Å². The van der Waals surface area contributed by atoms with Crippen LogP contribution in [-0.2, 0) is 16.0 Å². The van der Waals surface area contributed by atoms with Gasteiger partial charge in [-0.3, -0.25) is 4.79 Å². The number of furan rings is 1. The van der Waals surface area contributed by atoms with Gasteiger partial charge in [0.2, 0.25) is 5.91 Å². The fourth-order valence-corrected chi connectivity index (χ4v) is 2.28. The van der Waals surface area contributed by atoms with Crippen LogP contribution in [-0.4, -0.2) is 39.7 Å². The molecule has 0 aliphatic carbocycles. The molecule has 0 aliphatic rings. The first-order valence-corrected chi connectivity index (χ1v) is 6.59. The standard InChI is InChI=1S/C12H12N2O5S/c15-5-8(12(17)18)14-10(16)4-7-6-20-11(13-7)9-2-1-3-19-9/h1-3,6,8,15H,4-5H2,(H,14,16)(H,17,18). The van der Waals surface area contributed by atoms with Gasteiger partial charge in [-0.2, -0.15) is 0 Å². The molecule has 106 valence electrons. The lowest BCUT2D eigenvalue weighted by molar-refractivity contribution is -0.142. The van der Waals surface area contributed by atoms with Gasteiger partial charge in [-0.05, 0) is 12.1 Å². The van der Waals surface area contributed by atoms with E-state index in [2.05, 4.69) is 10.3 Å². The van der Waals surface area contributed by atoms with Gasteiger partial charge in [0.1, 0.15) is 6.04 Å². The number of hydrogen-bond donors (Lipinski definition) is 3. The fraction of sp³-hybridized carbons (Fsp3) is 0.250. The summed E-state index contributed by atoms with van der Waals surface area (Å²) in [6, 6.07) is 2.20. The molecule has 20 heavy (non-hydrogen) atoms.